The number of hydrogen-bond donors (Lipinski definition) is 5. The minimum absolute atomic E-state index is 0.00919. The summed E-state index contributed by atoms with van der Waals surface area (Å²) in [6, 6.07) is 22.2. The quantitative estimate of drug-likeness (QED) is 0.0538. The highest BCUT2D eigenvalue weighted by Crippen LogP contribution is 2.60. The Morgan fingerprint density at radius 2 is 1.59 bits per heavy atom. The van der Waals surface area contributed by atoms with E-state index in [-0.39, 0.29) is 49.4 Å². The normalized spacial score (nSPS) is 22.2. The number of amides is 5. The van der Waals surface area contributed by atoms with Gasteiger partial charge in [-0.15, -0.1) is 11.3 Å². The summed E-state index contributed by atoms with van der Waals surface area (Å²) in [7, 11) is -4.39. The van der Waals surface area contributed by atoms with Gasteiger partial charge in [-0.25, -0.2) is 28.1 Å². The van der Waals surface area contributed by atoms with Crippen LogP contribution in [0.2, 0.25) is 0 Å². The third-order valence-electron chi connectivity index (χ3n) is 18.6. The lowest BCUT2D eigenvalue weighted by Crippen LogP contribution is -2.57. The van der Waals surface area contributed by atoms with Gasteiger partial charge in [0.05, 0.1) is 50.4 Å². The molecule has 22 heteroatoms. The lowest BCUT2D eigenvalue weighted by Gasteiger charge is -2.56. The summed E-state index contributed by atoms with van der Waals surface area (Å²) < 4.78 is 33.3. The smallest absolute Gasteiger partial charge is 0.284 e. The van der Waals surface area contributed by atoms with Crippen LogP contribution < -0.4 is 25.6 Å². The van der Waals surface area contributed by atoms with Crippen molar-refractivity contribution in [2.75, 3.05) is 29.1 Å². The lowest BCUT2D eigenvalue weighted by molar-refractivity contribution is -0.144. The molecule has 1 unspecified atom stereocenters. The summed E-state index contributed by atoms with van der Waals surface area (Å²) in [5.41, 5.74) is 8.81. The van der Waals surface area contributed by atoms with Gasteiger partial charge in [0.25, 0.3) is 11.8 Å². The number of sulfonamides is 1. The van der Waals surface area contributed by atoms with E-state index in [2.05, 4.69) is 35.3 Å². The minimum atomic E-state index is -4.39. The second kappa shape index (κ2) is 23.9. The Kier molecular flexibility index (Phi) is 16.5. The average molecular weight is 1230 g/mol. The lowest BCUT2D eigenvalue weighted by atomic mass is 9.49. The van der Waals surface area contributed by atoms with Gasteiger partial charge in [-0.2, -0.15) is 5.10 Å². The van der Waals surface area contributed by atoms with Gasteiger partial charge in [0, 0.05) is 61.4 Å². The molecule has 6 heterocycles. The summed E-state index contributed by atoms with van der Waals surface area (Å²) in [5.74, 6) is -0.777. The van der Waals surface area contributed by atoms with Crippen molar-refractivity contribution in [1.82, 2.24) is 45.0 Å². The molecule has 4 atom stereocenters. The first-order valence-electron chi connectivity index (χ1n) is 30.3. The highest BCUT2D eigenvalue weighted by atomic mass is 32.2. The molecule has 6 aliphatic rings. The van der Waals surface area contributed by atoms with Crippen molar-refractivity contribution in [3.63, 3.8) is 0 Å². The van der Waals surface area contributed by atoms with Crippen molar-refractivity contribution < 1.29 is 37.5 Å². The summed E-state index contributed by atoms with van der Waals surface area (Å²) in [5, 5.41) is 25.1. The summed E-state index contributed by atoms with van der Waals surface area (Å²) in [6.45, 7) is 12.6. The zero-order valence-corrected chi connectivity index (χ0v) is 52.4. The number of thiazole rings is 2. The number of nitrogens with zero attached hydrogens (tertiary/aromatic N) is 7. The van der Waals surface area contributed by atoms with E-state index in [1.54, 1.807) is 55.9 Å². The SMILES string of the molecule is Cc1ncsc1-c1ccc([C@H](C)NC(=O)[C@@H]2C[C@@H](O)CN2C(=O)C(NC(=O)CCCS(=O)(=O)NC(=O)c2nc(N3CCc4cccc(C(=O)Nc5nc6ccccc6s5)c4C3)ccc2-c2cnn(CC34CC5CC(CC(C5)C3)C4)c2C)C(C)(C)C)cc1. The van der Waals surface area contributed by atoms with E-state index < -0.39 is 69.0 Å². The monoisotopic (exact) mass is 1230 g/mol. The van der Waals surface area contributed by atoms with Gasteiger partial charge < -0.3 is 25.5 Å². The molecule has 0 radical (unpaired) electrons. The Morgan fingerprint density at radius 3 is 2.29 bits per heavy atom. The highest BCUT2D eigenvalue weighted by molar-refractivity contribution is 7.90. The van der Waals surface area contributed by atoms with Crippen LogP contribution in [0.1, 0.15) is 140 Å². The van der Waals surface area contributed by atoms with Crippen molar-refractivity contribution in [3.05, 3.63) is 130 Å². The van der Waals surface area contributed by atoms with Crippen LogP contribution in [-0.4, -0.2) is 110 Å². The van der Waals surface area contributed by atoms with Crippen LogP contribution >= 0.6 is 22.7 Å². The Morgan fingerprint density at radius 1 is 0.851 bits per heavy atom. The standard InChI is InChI=1S/C65H75N11O8S3/c1-37(43-16-18-45(19-17-43)57-38(2)66-36-85-57)68-60(80)52-28-46(77)33-75(52)62(82)58(64(4,5)6)71-55(78)15-10-24-87(83,84)73-61(81)56-47(49-32-67-76(39(49)3)35-65-29-40-25-41(30-65)27-42(26-40)31-65)20-21-54(70-56)74-23-22-44-11-9-12-48(50(44)34-74)59(79)72-63-69-51-13-7-8-14-53(51)86-63/h7-9,11-14,16-21,32,36-37,40-42,46,52,58,77H,10,15,22-31,33-35H2,1-6H3,(H,68,80)(H,71,78)(H,73,81)(H,69,72,79)/t37-,40?,41?,42?,46+,52-,58?,65?/m0/s1. The molecule has 0 spiro atoms. The maximum Gasteiger partial charge on any atom is 0.284 e. The Labute approximate surface area is 515 Å². The van der Waals surface area contributed by atoms with E-state index in [9.17, 15) is 37.5 Å². The molecule has 4 aromatic heterocycles. The van der Waals surface area contributed by atoms with Gasteiger partial charge in [-0.3, -0.25) is 34.0 Å². The number of para-hydroxylation sites is 1. The van der Waals surface area contributed by atoms with Gasteiger partial charge >= 0.3 is 0 Å². The average Bonchev–Trinajstić information content (AvgIpc) is 1.57. The fourth-order valence-corrected chi connectivity index (χ4v) is 17.4. The number of carbonyl (C=O) groups excluding carboxylic acids is 5. The number of carbonyl (C=O) groups is 5. The largest absolute Gasteiger partial charge is 0.391 e. The molecule has 7 aromatic rings. The van der Waals surface area contributed by atoms with Crippen molar-refractivity contribution in [3.8, 4) is 21.6 Å². The minimum Gasteiger partial charge on any atom is -0.391 e. The molecule has 19 nitrogen and oxygen atoms in total. The third-order valence-corrected chi connectivity index (χ3v) is 21.9. The van der Waals surface area contributed by atoms with Crippen LogP contribution in [0.5, 0.6) is 0 Å². The number of pyridine rings is 1. The predicted molar refractivity (Wildman–Crippen MR) is 336 cm³/mol. The number of nitrogens with one attached hydrogen (secondary N) is 4. The molecule has 2 aliphatic heterocycles. The Bertz CT molecular complexity index is 3860. The van der Waals surface area contributed by atoms with Gasteiger partial charge in [0.1, 0.15) is 23.6 Å². The second-order valence-corrected chi connectivity index (χ2v) is 29.8. The first-order valence-corrected chi connectivity index (χ1v) is 33.6. The number of rotatable bonds is 18. The third kappa shape index (κ3) is 12.7. The topological polar surface area (TPSA) is 251 Å². The maximum atomic E-state index is 14.7. The number of aryl methyl sites for hydroxylation is 1. The molecule has 1 saturated heterocycles. The summed E-state index contributed by atoms with van der Waals surface area (Å²) in [4.78, 5) is 89.1. The predicted octanol–water partition coefficient (Wildman–Crippen LogP) is 9.54. The van der Waals surface area contributed by atoms with E-state index in [0.717, 1.165) is 73.0 Å². The van der Waals surface area contributed by atoms with E-state index in [1.165, 1.54) is 54.8 Å². The number of likely N-dealkylation sites (tertiary alicyclic amines) is 1. The fourth-order valence-electron chi connectivity index (χ4n) is 14.7. The van der Waals surface area contributed by atoms with Crippen LogP contribution in [0.4, 0.5) is 10.9 Å². The van der Waals surface area contributed by atoms with Crippen molar-refractivity contribution in [2.45, 2.75) is 143 Å². The molecule has 87 heavy (non-hydrogen) atoms. The summed E-state index contributed by atoms with van der Waals surface area (Å²) in [6.07, 6.45) is 8.36. The highest BCUT2D eigenvalue weighted by Gasteiger charge is 2.51. The maximum absolute atomic E-state index is 14.7. The number of fused-ring (bicyclic) bond motifs is 2. The van der Waals surface area contributed by atoms with Crippen molar-refractivity contribution >= 4 is 83.4 Å². The molecule has 13 rings (SSSR count). The molecule has 4 saturated carbocycles. The van der Waals surface area contributed by atoms with E-state index in [1.807, 2.05) is 92.4 Å². The van der Waals surface area contributed by atoms with Crippen LogP contribution in [0.15, 0.2) is 90.6 Å². The molecule has 5 fully saturated rings. The zero-order valence-electron chi connectivity index (χ0n) is 50.0. The first-order chi connectivity index (χ1) is 41.6. The summed E-state index contributed by atoms with van der Waals surface area (Å²) >= 11 is 2.95. The Hall–Kier alpha value is -7.40. The second-order valence-electron chi connectivity index (χ2n) is 26.1. The van der Waals surface area contributed by atoms with Crippen molar-refractivity contribution in [2.24, 2.45) is 28.6 Å². The van der Waals surface area contributed by atoms with Crippen LogP contribution in [0, 0.1) is 42.4 Å². The molecule has 456 valence electrons. The number of β-amino-alcohol motifs (C(OH)–C–C–N with tert-alkyl or cyclic N) is 1. The molecule has 4 bridgehead atoms. The van der Waals surface area contributed by atoms with Gasteiger partial charge in [-0.1, -0.05) is 80.6 Å². The molecule has 3 aromatic carbocycles. The van der Waals surface area contributed by atoms with Crippen LogP contribution in [0.25, 0.3) is 31.8 Å². The fraction of sp³-hybridized carbons (Fsp3) is 0.462. The van der Waals surface area contributed by atoms with Crippen molar-refractivity contribution in [1.29, 1.82) is 0 Å². The molecule has 4 aliphatic carbocycles. The Balaban J connectivity index is 0.730. The number of aliphatic hydroxyl groups is 1. The van der Waals surface area contributed by atoms with Gasteiger partial charge in [0.15, 0.2) is 5.13 Å². The number of hydrogen-bond acceptors (Lipinski definition) is 15. The number of aliphatic hydroxyl groups excluding tert-OH is 1. The van der Waals surface area contributed by atoms with E-state index >= 15 is 0 Å². The molecular weight excluding hydrogens is 1160 g/mol. The van der Waals surface area contributed by atoms with Gasteiger partial charge in [0.2, 0.25) is 27.7 Å². The van der Waals surface area contributed by atoms with Crippen LogP contribution in [0.3, 0.4) is 0 Å². The van der Waals surface area contributed by atoms with Gasteiger partial charge in [-0.05, 0) is 153 Å². The zero-order chi connectivity index (χ0) is 61.1. The number of benzene rings is 3. The molecule has 5 amide bonds. The number of aromatic nitrogens is 5. The number of anilines is 2. The van der Waals surface area contributed by atoms with E-state index in [0.29, 0.717) is 40.6 Å². The van der Waals surface area contributed by atoms with Crippen LogP contribution in [-0.2, 0) is 43.9 Å². The first kappa shape index (κ1) is 59.9. The molecular formula is C65H75N11O8S3. The van der Waals surface area contributed by atoms with E-state index in [4.69, 9.17) is 10.1 Å². The molecule has 5 N–H and O–H groups in total.